The molecule has 5 N–H and O–H groups in total. The first-order chi connectivity index (χ1) is 45.0. The summed E-state index contributed by atoms with van der Waals surface area (Å²) >= 11 is 0. The maximum absolute atomic E-state index is 14.1. The van der Waals surface area contributed by atoms with Gasteiger partial charge < -0.3 is 88.2 Å². The summed E-state index contributed by atoms with van der Waals surface area (Å²) in [6.07, 6.45) is -6.89. The maximum Gasteiger partial charge on any atom is 0.311 e. The summed E-state index contributed by atoms with van der Waals surface area (Å²) in [5, 5.41) is 13.4. The SMILES string of the molecule is CC(=O)NC1C(OCCCCCCNC(=O)CCOCC(COCCC(=O)NCCCCCCOC2OC(COC(C)=O)C(OC(C)=O)C(OC(C)=O)C2NC(C)=O)NC(=O)CCCC(=O)Oc2c(F)c(F)c(F)c(F)c2F)OC(COC(C)=O)C(OC(C)=O)C1OC(C)=O. The largest absolute Gasteiger partial charge is 0.463 e. The van der Waals surface area contributed by atoms with E-state index in [0.29, 0.717) is 51.4 Å². The van der Waals surface area contributed by atoms with Crippen LogP contribution >= 0.6 is 0 Å². The smallest absolute Gasteiger partial charge is 0.311 e. The lowest BCUT2D eigenvalue weighted by Gasteiger charge is -2.44. The van der Waals surface area contributed by atoms with Gasteiger partial charge >= 0.3 is 41.8 Å². The van der Waals surface area contributed by atoms with Gasteiger partial charge in [0.15, 0.2) is 37.0 Å². The van der Waals surface area contributed by atoms with E-state index in [9.17, 15) is 79.5 Å². The van der Waals surface area contributed by atoms with Crippen molar-refractivity contribution in [2.24, 2.45) is 0 Å². The first kappa shape index (κ1) is 81.5. The van der Waals surface area contributed by atoms with Crippen molar-refractivity contribution in [3.63, 3.8) is 0 Å². The molecule has 2 aliphatic heterocycles. The molecule has 10 atom stereocenters. The van der Waals surface area contributed by atoms with Gasteiger partial charge in [-0.3, -0.25) is 57.5 Å². The van der Waals surface area contributed by atoms with Crippen LogP contribution < -0.4 is 31.3 Å². The molecule has 0 radical (unpaired) electrons. The highest BCUT2D eigenvalue weighted by atomic mass is 19.2. The molecule has 1 aromatic carbocycles. The highest BCUT2D eigenvalue weighted by Gasteiger charge is 2.53. The van der Waals surface area contributed by atoms with Gasteiger partial charge in [0.1, 0.15) is 37.5 Å². The molecule has 0 aliphatic carbocycles. The number of ether oxygens (including phenoxy) is 13. The van der Waals surface area contributed by atoms with E-state index in [2.05, 4.69) is 31.3 Å². The van der Waals surface area contributed by atoms with Gasteiger partial charge in [-0.25, -0.2) is 13.2 Å². The predicted molar refractivity (Wildman–Crippen MR) is 311 cm³/mol. The second kappa shape index (κ2) is 43.4. The second-order valence-corrected chi connectivity index (χ2v) is 21.9. The minimum atomic E-state index is -2.45. The summed E-state index contributed by atoms with van der Waals surface area (Å²) in [7, 11) is 0. The normalized spacial score (nSPS) is 20.9. The van der Waals surface area contributed by atoms with Crippen LogP contribution in [0.1, 0.15) is 139 Å². The maximum atomic E-state index is 14.1. The summed E-state index contributed by atoms with van der Waals surface area (Å²) in [5.74, 6) is -21.9. The van der Waals surface area contributed by atoms with Gasteiger partial charge in [0.2, 0.25) is 64.4 Å². The monoisotopic (exact) mass is 1370 g/mol. The summed E-state index contributed by atoms with van der Waals surface area (Å²) < 4.78 is 140. The van der Waals surface area contributed by atoms with Crippen molar-refractivity contribution in [2.75, 3.05) is 65.9 Å². The van der Waals surface area contributed by atoms with Crippen LogP contribution in [0.4, 0.5) is 22.0 Å². The molecule has 35 heteroatoms. The Labute approximate surface area is 544 Å². The van der Waals surface area contributed by atoms with E-state index >= 15 is 0 Å². The molecular formula is C60H86F5N5O25. The van der Waals surface area contributed by atoms with Crippen molar-refractivity contribution in [3.8, 4) is 5.75 Å². The summed E-state index contributed by atoms with van der Waals surface area (Å²) in [5.41, 5.74) is 0. The van der Waals surface area contributed by atoms with E-state index in [4.69, 9.17) is 56.8 Å². The molecular weight excluding hydrogens is 1290 g/mol. The highest BCUT2D eigenvalue weighted by molar-refractivity contribution is 5.78. The lowest BCUT2D eigenvalue weighted by molar-refractivity contribution is -0.277. The molecule has 2 aliphatic rings. The van der Waals surface area contributed by atoms with E-state index in [0.717, 1.165) is 41.5 Å². The number of esters is 7. The number of carbonyl (C=O) groups is 12. The number of nitrogens with one attached hydrogen (secondary N) is 5. The van der Waals surface area contributed by atoms with Crippen LogP contribution in [0, 0.1) is 29.1 Å². The Bertz CT molecular complexity index is 2590. The van der Waals surface area contributed by atoms with E-state index in [1.807, 2.05) is 0 Å². The molecule has 0 bridgehead atoms. The molecule has 30 nitrogen and oxygen atoms in total. The molecule has 2 heterocycles. The topological polar surface area (TPSA) is 385 Å². The van der Waals surface area contributed by atoms with Crippen molar-refractivity contribution in [2.45, 2.75) is 206 Å². The Morgan fingerprint density at radius 2 is 0.800 bits per heavy atom. The first-order valence-electron chi connectivity index (χ1n) is 30.7. The Morgan fingerprint density at radius 3 is 1.18 bits per heavy atom. The van der Waals surface area contributed by atoms with Crippen molar-refractivity contribution in [1.82, 2.24) is 26.6 Å². The molecule has 536 valence electrons. The summed E-state index contributed by atoms with van der Waals surface area (Å²) in [6, 6.07) is -3.15. The molecule has 5 amide bonds. The van der Waals surface area contributed by atoms with Crippen LogP contribution in [-0.2, 0) is 114 Å². The van der Waals surface area contributed by atoms with Crippen molar-refractivity contribution < 1.29 is 141 Å². The zero-order valence-corrected chi connectivity index (χ0v) is 54.2. The van der Waals surface area contributed by atoms with Gasteiger partial charge in [0, 0.05) is 107 Å². The lowest BCUT2D eigenvalue weighted by atomic mass is 9.96. The predicted octanol–water partition coefficient (Wildman–Crippen LogP) is 2.45. The average molecular weight is 1370 g/mol. The summed E-state index contributed by atoms with van der Waals surface area (Å²) in [4.78, 5) is 147. The third kappa shape index (κ3) is 31.1. The van der Waals surface area contributed by atoms with E-state index in [-0.39, 0.29) is 83.8 Å². The Hall–Kier alpha value is -7.73. The fourth-order valence-electron chi connectivity index (χ4n) is 9.50. The number of rotatable bonds is 42. The second-order valence-electron chi connectivity index (χ2n) is 21.9. The number of hydrogen-bond acceptors (Lipinski definition) is 25. The van der Waals surface area contributed by atoms with Gasteiger partial charge in [-0.05, 0) is 32.1 Å². The van der Waals surface area contributed by atoms with E-state index in [1.165, 1.54) is 13.8 Å². The van der Waals surface area contributed by atoms with Crippen LogP contribution in [0.15, 0.2) is 0 Å². The van der Waals surface area contributed by atoms with Crippen molar-refractivity contribution >= 4 is 71.3 Å². The molecule has 0 aromatic heterocycles. The Morgan fingerprint density at radius 1 is 0.421 bits per heavy atom. The van der Waals surface area contributed by atoms with Crippen molar-refractivity contribution in [1.29, 1.82) is 0 Å². The number of carbonyl (C=O) groups excluding carboxylic acids is 12. The number of unbranched alkanes of at least 4 members (excludes halogenated alkanes) is 6. The molecule has 10 unspecified atom stereocenters. The van der Waals surface area contributed by atoms with Gasteiger partial charge in [0.05, 0.1) is 32.5 Å². The number of amides is 5. The van der Waals surface area contributed by atoms with E-state index < -0.39 is 188 Å². The van der Waals surface area contributed by atoms with Crippen LogP contribution in [0.2, 0.25) is 0 Å². The molecule has 95 heavy (non-hydrogen) atoms. The third-order valence-corrected chi connectivity index (χ3v) is 13.6. The van der Waals surface area contributed by atoms with Gasteiger partial charge in [-0.1, -0.05) is 25.7 Å². The molecule has 2 saturated heterocycles. The highest BCUT2D eigenvalue weighted by Crippen LogP contribution is 2.32. The fraction of sp³-hybridized carbons (Fsp3) is 0.700. The van der Waals surface area contributed by atoms with Gasteiger partial charge in [0.25, 0.3) is 0 Å². The minimum absolute atomic E-state index is 0.0913. The molecule has 2 fully saturated rings. The fourth-order valence-corrected chi connectivity index (χ4v) is 9.50. The zero-order valence-electron chi connectivity index (χ0n) is 54.2. The molecule has 3 rings (SSSR count). The van der Waals surface area contributed by atoms with E-state index in [1.54, 1.807) is 0 Å². The van der Waals surface area contributed by atoms with Gasteiger partial charge in [-0.2, -0.15) is 8.78 Å². The molecule has 0 saturated carbocycles. The quantitative estimate of drug-likeness (QED) is 0.0119. The minimum Gasteiger partial charge on any atom is -0.463 e. The average Bonchev–Trinajstić information content (AvgIpc) is 0.808. The number of benzene rings is 1. The van der Waals surface area contributed by atoms with Crippen molar-refractivity contribution in [3.05, 3.63) is 29.1 Å². The zero-order chi connectivity index (χ0) is 70.7. The third-order valence-electron chi connectivity index (χ3n) is 13.6. The van der Waals surface area contributed by atoms with Crippen LogP contribution in [0.25, 0.3) is 0 Å². The lowest BCUT2D eigenvalue weighted by Crippen LogP contribution is -2.66. The summed E-state index contributed by atoms with van der Waals surface area (Å²) in [6.45, 7) is 8.52. The first-order valence-corrected chi connectivity index (χ1v) is 30.7. The van der Waals surface area contributed by atoms with Crippen LogP contribution in [0.5, 0.6) is 5.75 Å². The Balaban J connectivity index is 1.47. The van der Waals surface area contributed by atoms with Crippen LogP contribution in [-0.4, -0.2) is 205 Å². The number of halogens is 5. The molecule has 1 aromatic rings. The molecule has 0 spiro atoms. The van der Waals surface area contributed by atoms with Crippen LogP contribution in [0.3, 0.4) is 0 Å². The Kier molecular flexibility index (Phi) is 37.2. The standard InChI is InChI=1S/C60H86F5N5O25/c1-32(71)68-52-57(91-38(7)77)54(89-36(5)75)41(30-87-34(3)73)93-59(52)85-24-15-11-9-13-22-66-43(79)20-26-83-28-40(70-45(81)18-17-19-46(82)95-56-50(64)48(62)47(61)49(63)51(56)65)29-84-27-21-44(80)67-23-14-10-12-16-25-86-60-53(69-33(2)72)58(92-39(8)78)55(90-37(6)76)42(94-60)31-88-35(4)74/h40-42,52-55,57-60H,9-31H2,1-8H3,(H,66,79)(H,67,80)(H,68,71)(H,69,72)(H,70,81). The number of hydrogen-bond donors (Lipinski definition) is 5. The van der Waals surface area contributed by atoms with Gasteiger partial charge in [-0.15, -0.1) is 0 Å².